The Balaban J connectivity index is 1.59. The quantitative estimate of drug-likeness (QED) is 0.604. The Hall–Kier alpha value is -1.64. The molecule has 168 valence electrons. The van der Waals surface area contributed by atoms with Gasteiger partial charge in [-0.2, -0.15) is 0 Å². The van der Waals surface area contributed by atoms with E-state index in [2.05, 4.69) is 10.6 Å². The molecule has 3 N–H and O–H groups in total. The van der Waals surface area contributed by atoms with Crippen LogP contribution in [0.15, 0.2) is 41.3 Å². The predicted octanol–water partition coefficient (Wildman–Crippen LogP) is 3.79. The molecule has 5 rings (SSSR count). The van der Waals surface area contributed by atoms with Gasteiger partial charge >= 0.3 is 0 Å². The van der Waals surface area contributed by atoms with Crippen molar-refractivity contribution >= 4 is 46.0 Å². The van der Waals surface area contributed by atoms with Crippen LogP contribution in [0.5, 0.6) is 0 Å². The number of rotatable bonds is 3. The minimum absolute atomic E-state index is 0.0619. The van der Waals surface area contributed by atoms with Crippen LogP contribution in [0, 0.1) is 5.82 Å². The van der Waals surface area contributed by atoms with E-state index in [4.69, 9.17) is 23.2 Å². The van der Waals surface area contributed by atoms with Gasteiger partial charge in [-0.1, -0.05) is 53.2 Å². The highest BCUT2D eigenvalue weighted by atomic mass is 35.5. The molecule has 1 saturated heterocycles. The number of halogens is 3. The van der Waals surface area contributed by atoms with E-state index in [-0.39, 0.29) is 34.2 Å². The van der Waals surface area contributed by atoms with Crippen molar-refractivity contribution in [2.75, 3.05) is 6.54 Å². The molecule has 9 heteroatoms. The molecule has 2 aromatic carbocycles. The lowest BCUT2D eigenvalue weighted by Gasteiger charge is -2.42. The third-order valence-electron chi connectivity index (χ3n) is 6.77. The lowest BCUT2D eigenvalue weighted by Crippen LogP contribution is -2.57. The summed E-state index contributed by atoms with van der Waals surface area (Å²) < 4.78 is 15.3. The first kappa shape index (κ1) is 22.2. The van der Waals surface area contributed by atoms with Gasteiger partial charge in [0.05, 0.1) is 22.1 Å². The standard InChI is InChI=1S/C23H21Cl2FN2O3S/c1-22(31)8-12(9-22)28-20(29)19-17(13-3-2-4-15(25)18(13)26)23(10-27-19)14-6-5-11(24)7-16(14)32-21(23)30/h2-7,12,17,19,27,31H,8-10H2,1H3,(H,28,29). The van der Waals surface area contributed by atoms with E-state index in [1.54, 1.807) is 37.3 Å². The Morgan fingerprint density at radius 2 is 2.03 bits per heavy atom. The molecule has 2 fully saturated rings. The molecule has 32 heavy (non-hydrogen) atoms. The van der Waals surface area contributed by atoms with Crippen molar-refractivity contribution in [3.05, 3.63) is 63.4 Å². The van der Waals surface area contributed by atoms with Gasteiger partial charge in [-0.25, -0.2) is 4.39 Å². The van der Waals surface area contributed by atoms with Crippen molar-refractivity contribution in [1.29, 1.82) is 0 Å². The van der Waals surface area contributed by atoms with E-state index >= 15 is 4.39 Å². The number of hydrogen-bond acceptors (Lipinski definition) is 5. The summed E-state index contributed by atoms with van der Waals surface area (Å²) in [6.45, 7) is 1.91. The van der Waals surface area contributed by atoms with Crippen LogP contribution in [0.2, 0.25) is 10.0 Å². The molecule has 1 saturated carbocycles. The van der Waals surface area contributed by atoms with Crippen molar-refractivity contribution in [2.45, 2.75) is 53.7 Å². The Labute approximate surface area is 199 Å². The van der Waals surface area contributed by atoms with Crippen LogP contribution in [0.1, 0.15) is 36.8 Å². The fourth-order valence-electron chi connectivity index (χ4n) is 5.34. The first-order valence-electron chi connectivity index (χ1n) is 10.3. The molecule has 0 aromatic heterocycles. The molecule has 3 atom stereocenters. The molecule has 1 amide bonds. The monoisotopic (exact) mass is 494 g/mol. The maximum atomic E-state index is 15.3. The summed E-state index contributed by atoms with van der Waals surface area (Å²) >= 11 is 13.3. The summed E-state index contributed by atoms with van der Waals surface area (Å²) in [5.41, 5.74) is -0.976. The number of nitrogens with one attached hydrogen (secondary N) is 2. The molecule has 2 aliphatic heterocycles. The average molecular weight is 495 g/mol. The SMILES string of the molecule is CC1(O)CC(NC(=O)C2NCC3(C(=O)Sc4cc(Cl)ccc43)C2c2cccc(Cl)c2F)C1. The third kappa shape index (κ3) is 3.37. The maximum Gasteiger partial charge on any atom is 0.238 e. The molecule has 1 spiro atoms. The number of carbonyl (C=O) groups is 2. The van der Waals surface area contributed by atoms with Crippen LogP contribution >= 0.6 is 35.0 Å². The molecule has 3 unspecified atom stereocenters. The smallest absolute Gasteiger partial charge is 0.238 e. The highest BCUT2D eigenvalue weighted by molar-refractivity contribution is 8.14. The first-order chi connectivity index (χ1) is 15.1. The van der Waals surface area contributed by atoms with Crippen molar-refractivity contribution in [2.24, 2.45) is 0 Å². The summed E-state index contributed by atoms with van der Waals surface area (Å²) in [4.78, 5) is 27.5. The molecule has 2 aromatic rings. The van der Waals surface area contributed by atoms with E-state index in [9.17, 15) is 14.7 Å². The summed E-state index contributed by atoms with van der Waals surface area (Å²) in [6.07, 6.45) is 0.895. The highest BCUT2D eigenvalue weighted by Gasteiger charge is 2.61. The zero-order valence-corrected chi connectivity index (χ0v) is 19.5. The highest BCUT2D eigenvalue weighted by Crippen LogP contribution is 2.56. The maximum absolute atomic E-state index is 15.3. The van der Waals surface area contributed by atoms with Gasteiger partial charge in [0.15, 0.2) is 0 Å². The number of thioether (sulfide) groups is 1. The van der Waals surface area contributed by atoms with Crippen LogP contribution < -0.4 is 10.6 Å². The Morgan fingerprint density at radius 1 is 1.28 bits per heavy atom. The van der Waals surface area contributed by atoms with Gasteiger partial charge in [0.2, 0.25) is 11.0 Å². The number of hydrogen-bond donors (Lipinski definition) is 3. The fraction of sp³-hybridized carbons (Fsp3) is 0.391. The van der Waals surface area contributed by atoms with Gasteiger partial charge in [0, 0.05) is 28.4 Å². The Bertz CT molecular complexity index is 1140. The largest absolute Gasteiger partial charge is 0.390 e. The summed E-state index contributed by atoms with van der Waals surface area (Å²) in [5, 5.41) is 16.4. The molecule has 0 bridgehead atoms. The lowest BCUT2D eigenvalue weighted by molar-refractivity contribution is -0.127. The predicted molar refractivity (Wildman–Crippen MR) is 122 cm³/mol. The van der Waals surface area contributed by atoms with E-state index in [1.807, 2.05) is 0 Å². The number of benzene rings is 2. The van der Waals surface area contributed by atoms with Crippen LogP contribution in [-0.2, 0) is 15.0 Å². The minimum atomic E-state index is -1.14. The van der Waals surface area contributed by atoms with Gasteiger partial charge < -0.3 is 15.7 Å². The van der Waals surface area contributed by atoms with Crippen molar-refractivity contribution in [1.82, 2.24) is 10.6 Å². The molecule has 5 nitrogen and oxygen atoms in total. The average Bonchev–Trinajstić information content (AvgIpc) is 3.22. The van der Waals surface area contributed by atoms with Gasteiger partial charge in [-0.3, -0.25) is 9.59 Å². The van der Waals surface area contributed by atoms with E-state index in [0.29, 0.717) is 22.8 Å². The number of fused-ring (bicyclic) bond motifs is 2. The van der Waals surface area contributed by atoms with Gasteiger partial charge in [0.1, 0.15) is 5.82 Å². The van der Waals surface area contributed by atoms with E-state index < -0.39 is 28.8 Å². The molecular weight excluding hydrogens is 474 g/mol. The summed E-state index contributed by atoms with van der Waals surface area (Å²) in [5.74, 6) is -1.76. The lowest BCUT2D eigenvalue weighted by atomic mass is 9.68. The Kier molecular flexibility index (Phi) is 5.34. The zero-order chi connectivity index (χ0) is 22.8. The number of aliphatic hydroxyl groups is 1. The second-order valence-electron chi connectivity index (χ2n) is 9.09. The van der Waals surface area contributed by atoms with E-state index in [0.717, 1.165) is 17.3 Å². The molecule has 3 aliphatic rings. The fourth-order valence-corrected chi connectivity index (χ4v) is 7.00. The van der Waals surface area contributed by atoms with Gasteiger partial charge in [-0.05, 0) is 49.1 Å². The second kappa shape index (κ2) is 7.71. The van der Waals surface area contributed by atoms with Crippen LogP contribution in [0.25, 0.3) is 0 Å². The normalized spacial score (nSPS) is 33.3. The minimum Gasteiger partial charge on any atom is -0.390 e. The van der Waals surface area contributed by atoms with Crippen LogP contribution in [0.3, 0.4) is 0 Å². The zero-order valence-electron chi connectivity index (χ0n) is 17.1. The van der Waals surface area contributed by atoms with Crippen molar-refractivity contribution < 1.29 is 19.1 Å². The molecule has 2 heterocycles. The number of carbonyl (C=O) groups excluding carboxylic acids is 2. The topological polar surface area (TPSA) is 78.4 Å². The molecular formula is C23H21Cl2FN2O3S. The second-order valence-corrected chi connectivity index (χ2v) is 10.9. The first-order valence-corrected chi connectivity index (χ1v) is 11.9. The van der Waals surface area contributed by atoms with Gasteiger partial charge in [0.25, 0.3) is 0 Å². The van der Waals surface area contributed by atoms with Crippen molar-refractivity contribution in [3.63, 3.8) is 0 Å². The molecule has 0 radical (unpaired) electrons. The molecule has 1 aliphatic carbocycles. The van der Waals surface area contributed by atoms with Crippen LogP contribution in [0.4, 0.5) is 4.39 Å². The van der Waals surface area contributed by atoms with E-state index in [1.165, 1.54) is 6.07 Å². The summed E-state index contributed by atoms with van der Waals surface area (Å²) in [6, 6.07) is 8.86. The Morgan fingerprint density at radius 3 is 2.75 bits per heavy atom. The van der Waals surface area contributed by atoms with Gasteiger partial charge in [-0.15, -0.1) is 0 Å². The third-order valence-corrected chi connectivity index (χ3v) is 8.41. The van der Waals surface area contributed by atoms with Crippen LogP contribution in [-0.4, -0.2) is 40.4 Å². The summed E-state index contributed by atoms with van der Waals surface area (Å²) in [7, 11) is 0. The van der Waals surface area contributed by atoms with Crippen molar-refractivity contribution in [3.8, 4) is 0 Å². The number of amides is 1.